The maximum atomic E-state index is 12.4. The van der Waals surface area contributed by atoms with E-state index < -0.39 is 23.5 Å². The average Bonchev–Trinajstić information content (AvgIpc) is 2.98. The molecule has 0 radical (unpaired) electrons. The molecule has 29 heavy (non-hydrogen) atoms. The van der Waals surface area contributed by atoms with Gasteiger partial charge in [-0.1, -0.05) is 53.5 Å². The zero-order valence-electron chi connectivity index (χ0n) is 16.1. The van der Waals surface area contributed by atoms with Crippen molar-refractivity contribution in [1.29, 1.82) is 0 Å². The first-order chi connectivity index (χ1) is 13.9. The van der Waals surface area contributed by atoms with Gasteiger partial charge in [0.25, 0.3) is 5.91 Å². The van der Waals surface area contributed by atoms with Gasteiger partial charge >= 0.3 is 0 Å². The highest BCUT2D eigenvalue weighted by atomic mass is 35.5. The van der Waals surface area contributed by atoms with Crippen LogP contribution in [-0.2, 0) is 27.3 Å². The minimum atomic E-state index is -0.948. The fourth-order valence-electron chi connectivity index (χ4n) is 3.34. The second kappa shape index (κ2) is 9.42. The van der Waals surface area contributed by atoms with E-state index in [0.717, 1.165) is 16.7 Å². The van der Waals surface area contributed by atoms with Gasteiger partial charge in [0.1, 0.15) is 5.92 Å². The van der Waals surface area contributed by atoms with Gasteiger partial charge in [-0.2, -0.15) is 0 Å². The summed E-state index contributed by atoms with van der Waals surface area (Å²) in [5.41, 5.74) is 3.03. The Morgan fingerprint density at radius 3 is 2.62 bits per heavy atom. The van der Waals surface area contributed by atoms with Crippen LogP contribution in [0.5, 0.6) is 0 Å². The predicted octanol–water partition coefficient (Wildman–Crippen LogP) is 3.58. The lowest BCUT2D eigenvalue weighted by Gasteiger charge is -2.17. The molecule has 1 unspecified atom stereocenters. The number of aryl methyl sites for hydroxylation is 2. The highest BCUT2D eigenvalue weighted by molar-refractivity contribution is 6.42. The third-order valence-corrected chi connectivity index (χ3v) is 5.82. The molecule has 1 heterocycles. The lowest BCUT2D eigenvalue weighted by molar-refractivity contribution is -0.142. The molecule has 1 aliphatic heterocycles. The molecule has 1 aliphatic rings. The van der Waals surface area contributed by atoms with Crippen LogP contribution in [0.2, 0.25) is 10.0 Å². The first-order valence-electron chi connectivity index (χ1n) is 9.46. The van der Waals surface area contributed by atoms with E-state index in [1.807, 2.05) is 37.3 Å². The lowest BCUT2D eigenvalue weighted by Crippen LogP contribution is -2.36. The monoisotopic (exact) mass is 432 g/mol. The van der Waals surface area contributed by atoms with Crippen molar-refractivity contribution in [2.24, 2.45) is 5.92 Å². The van der Waals surface area contributed by atoms with Gasteiger partial charge in [0.15, 0.2) is 0 Å². The predicted molar refractivity (Wildman–Crippen MR) is 113 cm³/mol. The Bertz CT molecular complexity index is 945. The second-order valence-electron chi connectivity index (χ2n) is 7.17. The normalized spacial score (nSPS) is 16.4. The number of hydrogen-bond donors (Lipinski definition) is 1. The summed E-state index contributed by atoms with van der Waals surface area (Å²) in [5, 5.41) is 3.77. The van der Waals surface area contributed by atoms with Crippen molar-refractivity contribution in [3.8, 4) is 0 Å². The van der Waals surface area contributed by atoms with E-state index in [9.17, 15) is 14.4 Å². The topological polar surface area (TPSA) is 66.5 Å². The molecule has 5 nitrogen and oxygen atoms in total. The van der Waals surface area contributed by atoms with Crippen molar-refractivity contribution >= 4 is 40.8 Å². The van der Waals surface area contributed by atoms with Crippen LogP contribution in [0, 0.1) is 12.8 Å². The SMILES string of the molecule is Cc1ccccc1CN1CC(C(=O)NCCCc2ccc(Cl)c(Cl)c2)C(=O)C1=O. The summed E-state index contributed by atoms with van der Waals surface area (Å²) >= 11 is 11.9. The number of carbonyl (C=O) groups is 3. The molecule has 1 atom stereocenters. The van der Waals surface area contributed by atoms with Gasteiger partial charge in [0.05, 0.1) is 10.0 Å². The van der Waals surface area contributed by atoms with Crippen LogP contribution >= 0.6 is 23.2 Å². The van der Waals surface area contributed by atoms with E-state index in [4.69, 9.17) is 23.2 Å². The van der Waals surface area contributed by atoms with Gasteiger partial charge in [-0.3, -0.25) is 14.4 Å². The molecule has 1 saturated heterocycles. The summed E-state index contributed by atoms with van der Waals surface area (Å²) < 4.78 is 0. The van der Waals surface area contributed by atoms with E-state index in [1.54, 1.807) is 12.1 Å². The second-order valence-corrected chi connectivity index (χ2v) is 7.99. The van der Waals surface area contributed by atoms with Crippen molar-refractivity contribution in [2.45, 2.75) is 26.3 Å². The standard InChI is InChI=1S/C22H22Cl2N2O3/c1-14-5-2-3-7-16(14)12-26-13-17(20(27)22(26)29)21(28)25-10-4-6-15-8-9-18(23)19(24)11-15/h2-3,5,7-9,11,17H,4,6,10,12-13H2,1H3,(H,25,28). The molecule has 1 N–H and O–H groups in total. The number of hydrogen-bond acceptors (Lipinski definition) is 3. The Morgan fingerprint density at radius 2 is 1.90 bits per heavy atom. The number of nitrogens with zero attached hydrogens (tertiary/aromatic N) is 1. The number of benzene rings is 2. The molecule has 7 heteroatoms. The maximum absolute atomic E-state index is 12.4. The van der Waals surface area contributed by atoms with Gasteiger partial charge in [-0.25, -0.2) is 0 Å². The quantitative estimate of drug-likeness (QED) is 0.413. The van der Waals surface area contributed by atoms with Crippen LogP contribution < -0.4 is 5.32 Å². The zero-order valence-corrected chi connectivity index (χ0v) is 17.6. The van der Waals surface area contributed by atoms with Gasteiger partial charge < -0.3 is 10.2 Å². The summed E-state index contributed by atoms with van der Waals surface area (Å²) in [4.78, 5) is 38.4. The van der Waals surface area contributed by atoms with Gasteiger partial charge in [0.2, 0.25) is 11.7 Å². The largest absolute Gasteiger partial charge is 0.355 e. The molecule has 0 saturated carbocycles. The number of ketones is 1. The summed E-state index contributed by atoms with van der Waals surface area (Å²) in [6.07, 6.45) is 1.40. The van der Waals surface area contributed by atoms with Crippen LogP contribution in [0.3, 0.4) is 0 Å². The van der Waals surface area contributed by atoms with E-state index >= 15 is 0 Å². The minimum Gasteiger partial charge on any atom is -0.355 e. The van der Waals surface area contributed by atoms with Crippen molar-refractivity contribution < 1.29 is 14.4 Å². The molecular weight excluding hydrogens is 411 g/mol. The molecule has 2 amide bonds. The van der Waals surface area contributed by atoms with Gasteiger partial charge in [-0.15, -0.1) is 0 Å². The fourth-order valence-corrected chi connectivity index (χ4v) is 3.67. The third-order valence-electron chi connectivity index (χ3n) is 5.08. The third kappa shape index (κ3) is 5.17. The Labute approximate surface area is 180 Å². The van der Waals surface area contributed by atoms with E-state index in [0.29, 0.717) is 36.0 Å². The Hall–Kier alpha value is -2.37. The summed E-state index contributed by atoms with van der Waals surface area (Å²) in [7, 11) is 0. The highest BCUT2D eigenvalue weighted by Gasteiger charge is 2.42. The van der Waals surface area contributed by atoms with Crippen molar-refractivity contribution in [3.05, 3.63) is 69.2 Å². The van der Waals surface area contributed by atoms with Crippen LogP contribution in [0.15, 0.2) is 42.5 Å². The highest BCUT2D eigenvalue weighted by Crippen LogP contribution is 2.23. The van der Waals surface area contributed by atoms with Crippen molar-refractivity contribution in [3.63, 3.8) is 0 Å². The Morgan fingerprint density at radius 1 is 1.14 bits per heavy atom. The molecule has 2 aromatic rings. The van der Waals surface area contributed by atoms with Gasteiger partial charge in [0, 0.05) is 19.6 Å². The molecule has 0 aliphatic carbocycles. The van der Waals surface area contributed by atoms with E-state index in [1.165, 1.54) is 4.90 Å². The lowest BCUT2D eigenvalue weighted by atomic mass is 10.1. The summed E-state index contributed by atoms with van der Waals surface area (Å²) in [6, 6.07) is 13.1. The molecular formula is C22H22Cl2N2O3. The number of Topliss-reactive ketones (excluding diaryl/α,β-unsaturated/α-hetero) is 1. The first-order valence-corrected chi connectivity index (χ1v) is 10.2. The maximum Gasteiger partial charge on any atom is 0.291 e. The smallest absolute Gasteiger partial charge is 0.291 e. The van der Waals surface area contributed by atoms with E-state index in [-0.39, 0.29) is 6.54 Å². The molecule has 152 valence electrons. The summed E-state index contributed by atoms with van der Waals surface area (Å²) in [5.74, 6) is -2.58. The number of amides is 2. The van der Waals surface area contributed by atoms with Crippen LogP contribution in [-0.4, -0.2) is 35.6 Å². The number of rotatable bonds is 7. The van der Waals surface area contributed by atoms with Gasteiger partial charge in [-0.05, 0) is 48.6 Å². The molecule has 2 aromatic carbocycles. The molecule has 1 fully saturated rings. The number of halogens is 2. The van der Waals surface area contributed by atoms with E-state index in [2.05, 4.69) is 5.32 Å². The van der Waals surface area contributed by atoms with Crippen LogP contribution in [0.1, 0.15) is 23.1 Å². The molecule has 3 rings (SSSR count). The minimum absolute atomic E-state index is 0.116. The first kappa shape index (κ1) is 21.3. The van der Waals surface area contributed by atoms with Crippen molar-refractivity contribution in [1.82, 2.24) is 10.2 Å². The fraction of sp³-hybridized carbons (Fsp3) is 0.318. The Kier molecular flexibility index (Phi) is 6.93. The summed E-state index contributed by atoms with van der Waals surface area (Å²) in [6.45, 7) is 2.81. The number of nitrogens with one attached hydrogen (secondary N) is 1. The number of carbonyl (C=O) groups excluding carboxylic acids is 3. The van der Waals surface area contributed by atoms with Crippen molar-refractivity contribution in [2.75, 3.05) is 13.1 Å². The Balaban J connectivity index is 1.50. The number of likely N-dealkylation sites (tertiary alicyclic amines) is 1. The van der Waals surface area contributed by atoms with Crippen LogP contribution in [0.25, 0.3) is 0 Å². The zero-order chi connectivity index (χ0) is 21.0. The average molecular weight is 433 g/mol. The molecule has 0 aromatic heterocycles. The molecule has 0 spiro atoms. The molecule has 0 bridgehead atoms. The van der Waals surface area contributed by atoms with Crippen LogP contribution in [0.4, 0.5) is 0 Å².